The van der Waals surface area contributed by atoms with Gasteiger partial charge in [0.15, 0.2) is 6.10 Å². The predicted octanol–water partition coefficient (Wildman–Crippen LogP) is 0.0894. The molecule has 0 aromatic rings. The van der Waals surface area contributed by atoms with E-state index in [1.165, 1.54) is 7.11 Å². The Balaban J connectivity index is 2.04. The maximum atomic E-state index is 10.8. The average molecular weight is 174 g/mol. The lowest BCUT2D eigenvalue weighted by molar-refractivity contribution is -0.142. The molecule has 0 amide bonds. The van der Waals surface area contributed by atoms with E-state index in [0.29, 0.717) is 0 Å². The fourth-order valence-electron chi connectivity index (χ4n) is 1.14. The van der Waals surface area contributed by atoms with Gasteiger partial charge in [-0.2, -0.15) is 0 Å². The summed E-state index contributed by atoms with van der Waals surface area (Å²) in [6.45, 7) is 0.204. The number of epoxide rings is 1. The van der Waals surface area contributed by atoms with Gasteiger partial charge in [-0.3, -0.25) is 0 Å². The van der Waals surface area contributed by atoms with Gasteiger partial charge in [-0.15, -0.1) is 0 Å². The molecule has 0 saturated carbocycles. The number of aliphatic hydroxyl groups excluding tert-OH is 1. The van der Waals surface area contributed by atoms with Crippen molar-refractivity contribution >= 4 is 5.97 Å². The third kappa shape index (κ3) is 2.46. The molecule has 4 heteroatoms. The van der Waals surface area contributed by atoms with Crippen LogP contribution in [-0.2, 0) is 14.3 Å². The van der Waals surface area contributed by atoms with Crippen molar-refractivity contribution in [1.29, 1.82) is 0 Å². The van der Waals surface area contributed by atoms with Gasteiger partial charge in [0, 0.05) is 6.61 Å². The molecule has 0 radical (unpaired) electrons. The largest absolute Gasteiger partial charge is 0.467 e. The normalized spacial score (nSPS) is 26.8. The van der Waals surface area contributed by atoms with Gasteiger partial charge in [-0.05, 0) is 19.3 Å². The van der Waals surface area contributed by atoms with Crippen LogP contribution in [0.5, 0.6) is 0 Å². The van der Waals surface area contributed by atoms with Crippen molar-refractivity contribution in [2.45, 2.75) is 31.5 Å². The van der Waals surface area contributed by atoms with Crippen molar-refractivity contribution < 1.29 is 19.4 Å². The lowest BCUT2D eigenvalue weighted by atomic mass is 10.1. The van der Waals surface area contributed by atoms with Crippen molar-refractivity contribution in [2.75, 3.05) is 13.7 Å². The van der Waals surface area contributed by atoms with E-state index in [-0.39, 0.29) is 24.8 Å². The Hall–Kier alpha value is -0.610. The molecule has 1 aliphatic heterocycles. The molecule has 1 saturated heterocycles. The van der Waals surface area contributed by atoms with E-state index in [4.69, 9.17) is 9.84 Å². The van der Waals surface area contributed by atoms with Crippen LogP contribution in [0, 0.1) is 0 Å². The van der Waals surface area contributed by atoms with Gasteiger partial charge in [-0.1, -0.05) is 0 Å². The highest BCUT2D eigenvalue weighted by Gasteiger charge is 2.45. The third-order valence-corrected chi connectivity index (χ3v) is 1.91. The molecule has 2 atom stereocenters. The van der Waals surface area contributed by atoms with E-state index in [1.807, 2.05) is 0 Å². The molecule has 70 valence electrons. The molecule has 0 spiro atoms. The zero-order valence-corrected chi connectivity index (χ0v) is 7.16. The molecule has 1 rings (SSSR count). The second-order valence-corrected chi connectivity index (χ2v) is 2.84. The zero-order valence-electron chi connectivity index (χ0n) is 7.16. The summed E-state index contributed by atoms with van der Waals surface area (Å²) >= 11 is 0. The molecule has 1 fully saturated rings. The molecule has 0 bridgehead atoms. The van der Waals surface area contributed by atoms with E-state index in [0.717, 1.165) is 19.3 Å². The average Bonchev–Trinajstić information content (AvgIpc) is 2.83. The molecule has 1 N–H and O–H groups in total. The zero-order chi connectivity index (χ0) is 8.97. The minimum absolute atomic E-state index is 0.0315. The van der Waals surface area contributed by atoms with E-state index >= 15 is 0 Å². The lowest BCUT2D eigenvalue weighted by Gasteiger charge is -1.93. The quantitative estimate of drug-likeness (QED) is 0.364. The van der Waals surface area contributed by atoms with Gasteiger partial charge < -0.3 is 14.6 Å². The predicted molar refractivity (Wildman–Crippen MR) is 41.6 cm³/mol. The number of rotatable bonds is 5. The number of unbranched alkanes of at least 4 members (excludes halogenated alkanes) is 1. The number of hydrogen-bond donors (Lipinski definition) is 1. The lowest BCUT2D eigenvalue weighted by Crippen LogP contribution is -2.11. The van der Waals surface area contributed by atoms with Crippen LogP contribution < -0.4 is 0 Å². The van der Waals surface area contributed by atoms with Crippen molar-refractivity contribution in [3.8, 4) is 0 Å². The molecule has 1 heterocycles. The van der Waals surface area contributed by atoms with Gasteiger partial charge in [0.25, 0.3) is 0 Å². The summed E-state index contributed by atoms with van der Waals surface area (Å²) in [7, 11) is 1.36. The summed E-state index contributed by atoms with van der Waals surface area (Å²) in [5.74, 6) is -0.288. The number of hydrogen-bond acceptors (Lipinski definition) is 4. The Bertz CT molecular complexity index is 157. The van der Waals surface area contributed by atoms with Gasteiger partial charge in [-0.25, -0.2) is 4.79 Å². The summed E-state index contributed by atoms with van der Waals surface area (Å²) in [5.41, 5.74) is 0. The smallest absolute Gasteiger partial charge is 0.337 e. The summed E-state index contributed by atoms with van der Waals surface area (Å²) < 4.78 is 9.56. The number of methoxy groups -OCH3 is 1. The minimum atomic E-state index is -0.339. The highest BCUT2D eigenvalue weighted by atomic mass is 16.6. The monoisotopic (exact) mass is 174 g/mol. The number of ether oxygens (including phenoxy) is 2. The Morgan fingerprint density at radius 1 is 1.58 bits per heavy atom. The maximum absolute atomic E-state index is 10.8. The Morgan fingerprint density at radius 3 is 2.92 bits per heavy atom. The third-order valence-electron chi connectivity index (χ3n) is 1.91. The SMILES string of the molecule is COC(=O)[C@@H]1O[C@H]1CCCCO. The van der Waals surface area contributed by atoms with Crippen LogP contribution in [0.25, 0.3) is 0 Å². The van der Waals surface area contributed by atoms with Gasteiger partial charge in [0.2, 0.25) is 0 Å². The minimum Gasteiger partial charge on any atom is -0.467 e. The highest BCUT2D eigenvalue weighted by Crippen LogP contribution is 2.27. The number of carbonyl (C=O) groups excluding carboxylic acids is 1. The number of carbonyl (C=O) groups is 1. The van der Waals surface area contributed by atoms with E-state index in [2.05, 4.69) is 4.74 Å². The van der Waals surface area contributed by atoms with E-state index in [1.54, 1.807) is 0 Å². The fourth-order valence-corrected chi connectivity index (χ4v) is 1.14. The molecule has 0 unspecified atom stereocenters. The second kappa shape index (κ2) is 4.42. The summed E-state index contributed by atoms with van der Waals surface area (Å²) in [4.78, 5) is 10.8. The molecule has 0 aromatic heterocycles. The van der Waals surface area contributed by atoms with Crippen molar-refractivity contribution in [2.24, 2.45) is 0 Å². The highest BCUT2D eigenvalue weighted by molar-refractivity contribution is 5.77. The van der Waals surface area contributed by atoms with Crippen LogP contribution in [0.3, 0.4) is 0 Å². The fraction of sp³-hybridized carbons (Fsp3) is 0.875. The van der Waals surface area contributed by atoms with Crippen LogP contribution in [-0.4, -0.2) is 37.0 Å². The van der Waals surface area contributed by atoms with Gasteiger partial charge >= 0.3 is 5.97 Å². The second-order valence-electron chi connectivity index (χ2n) is 2.84. The first-order chi connectivity index (χ1) is 5.79. The first-order valence-corrected chi connectivity index (χ1v) is 4.13. The van der Waals surface area contributed by atoms with Crippen LogP contribution in [0.4, 0.5) is 0 Å². The summed E-state index contributed by atoms with van der Waals surface area (Å²) in [5, 5.41) is 8.49. The number of aliphatic hydroxyl groups is 1. The first kappa shape index (κ1) is 9.48. The molecule has 12 heavy (non-hydrogen) atoms. The first-order valence-electron chi connectivity index (χ1n) is 4.13. The van der Waals surface area contributed by atoms with Gasteiger partial charge in [0.1, 0.15) is 0 Å². The molecular weight excluding hydrogens is 160 g/mol. The topological polar surface area (TPSA) is 59.1 Å². The molecular formula is C8H14O4. The van der Waals surface area contributed by atoms with Crippen LogP contribution >= 0.6 is 0 Å². The van der Waals surface area contributed by atoms with E-state index in [9.17, 15) is 4.79 Å². The Labute approximate surface area is 71.5 Å². The Kier molecular flexibility index (Phi) is 3.49. The Morgan fingerprint density at radius 2 is 2.33 bits per heavy atom. The summed E-state index contributed by atoms with van der Waals surface area (Å²) in [6.07, 6.45) is 2.20. The molecule has 1 aliphatic rings. The van der Waals surface area contributed by atoms with Crippen molar-refractivity contribution in [3.63, 3.8) is 0 Å². The van der Waals surface area contributed by atoms with Crippen LogP contribution in [0.2, 0.25) is 0 Å². The van der Waals surface area contributed by atoms with Crippen LogP contribution in [0.15, 0.2) is 0 Å². The van der Waals surface area contributed by atoms with Crippen molar-refractivity contribution in [3.05, 3.63) is 0 Å². The maximum Gasteiger partial charge on any atom is 0.337 e. The van der Waals surface area contributed by atoms with Crippen molar-refractivity contribution in [1.82, 2.24) is 0 Å². The van der Waals surface area contributed by atoms with Crippen LogP contribution in [0.1, 0.15) is 19.3 Å². The standard InChI is InChI=1S/C8H14O4/c1-11-8(10)7-6(12-7)4-2-3-5-9/h6-7,9H,2-5H2,1H3/t6-,7+/m0/s1. The molecule has 4 nitrogen and oxygen atoms in total. The summed E-state index contributed by atoms with van der Waals surface area (Å²) in [6, 6.07) is 0. The molecule has 0 aliphatic carbocycles. The number of esters is 1. The van der Waals surface area contributed by atoms with E-state index < -0.39 is 0 Å². The van der Waals surface area contributed by atoms with Gasteiger partial charge in [0.05, 0.1) is 13.2 Å². The molecule has 0 aromatic carbocycles.